The summed E-state index contributed by atoms with van der Waals surface area (Å²) in [6.07, 6.45) is 0. The fourth-order valence-electron chi connectivity index (χ4n) is 2.94. The third-order valence-corrected chi connectivity index (χ3v) is 4.54. The van der Waals surface area contributed by atoms with Crippen molar-refractivity contribution in [3.63, 3.8) is 0 Å². The highest BCUT2D eigenvalue weighted by molar-refractivity contribution is 6.35. The Morgan fingerprint density at radius 1 is 1.24 bits per heavy atom. The summed E-state index contributed by atoms with van der Waals surface area (Å²) in [5.41, 5.74) is 1.13. The fourth-order valence-corrected chi connectivity index (χ4v) is 3.14. The first-order valence-corrected chi connectivity index (χ1v) is 8.50. The molecule has 3 aromatic rings. The molecular weight excluding hydrogens is 345 g/mol. The Kier molecular flexibility index (Phi) is 4.46. The third kappa shape index (κ3) is 3.41. The van der Waals surface area contributed by atoms with Crippen molar-refractivity contribution in [3.05, 3.63) is 53.0 Å². The van der Waals surface area contributed by atoms with E-state index in [1.54, 1.807) is 12.1 Å². The molecule has 5 nitrogen and oxygen atoms in total. The second-order valence-electron chi connectivity index (χ2n) is 5.86. The third-order valence-electron chi connectivity index (χ3n) is 4.21. The van der Waals surface area contributed by atoms with Crippen LogP contribution in [-0.2, 0) is 6.61 Å². The van der Waals surface area contributed by atoms with Crippen LogP contribution in [0.1, 0.15) is 5.56 Å². The van der Waals surface area contributed by atoms with Crippen molar-refractivity contribution in [1.29, 1.82) is 0 Å². The molecule has 0 spiro atoms. The molecule has 0 unspecified atom stereocenters. The molecule has 0 saturated carbocycles. The van der Waals surface area contributed by atoms with E-state index in [-0.39, 0.29) is 6.61 Å². The molecule has 3 heterocycles. The van der Waals surface area contributed by atoms with Crippen molar-refractivity contribution >= 4 is 28.4 Å². The smallest absolute Gasteiger partial charge is 0.278 e. The summed E-state index contributed by atoms with van der Waals surface area (Å²) < 4.78 is 24.3. The Morgan fingerprint density at radius 3 is 2.92 bits per heavy atom. The van der Waals surface area contributed by atoms with Gasteiger partial charge in [-0.25, -0.2) is 0 Å². The van der Waals surface area contributed by atoms with Crippen LogP contribution in [0.4, 0.5) is 10.2 Å². The van der Waals surface area contributed by atoms with E-state index in [4.69, 9.17) is 20.8 Å². The van der Waals surface area contributed by atoms with Crippen molar-refractivity contribution in [2.24, 2.45) is 0 Å². The standard InChI is InChI=1S/C18H17ClFN3O2/c19-14-5-4-12(18-13(14)10-15(20)25-18)11-24-17-3-1-2-16(22-17)23-8-6-21-7-9-23/h1-5,10,21H,6-9,11H2. The van der Waals surface area contributed by atoms with Crippen LogP contribution in [0.5, 0.6) is 5.88 Å². The molecule has 1 aliphatic rings. The summed E-state index contributed by atoms with van der Waals surface area (Å²) in [5.74, 6) is 1.41. The van der Waals surface area contributed by atoms with Crippen molar-refractivity contribution in [1.82, 2.24) is 10.3 Å². The molecule has 1 fully saturated rings. The topological polar surface area (TPSA) is 50.5 Å². The molecule has 2 aromatic heterocycles. The molecule has 25 heavy (non-hydrogen) atoms. The van der Waals surface area contributed by atoms with Gasteiger partial charge in [-0.3, -0.25) is 0 Å². The van der Waals surface area contributed by atoms with E-state index in [9.17, 15) is 4.39 Å². The summed E-state index contributed by atoms with van der Waals surface area (Å²) in [6, 6.07) is 9.80. The van der Waals surface area contributed by atoms with Crippen LogP contribution < -0.4 is 15.0 Å². The number of piperazine rings is 1. The molecule has 0 bridgehead atoms. The number of anilines is 1. The normalized spacial score (nSPS) is 14.9. The average Bonchev–Trinajstić information content (AvgIpc) is 3.05. The summed E-state index contributed by atoms with van der Waals surface area (Å²) in [7, 11) is 0. The Morgan fingerprint density at radius 2 is 2.08 bits per heavy atom. The van der Waals surface area contributed by atoms with E-state index < -0.39 is 6.01 Å². The molecule has 0 aliphatic carbocycles. The lowest BCUT2D eigenvalue weighted by Crippen LogP contribution is -2.43. The maximum atomic E-state index is 13.4. The van der Waals surface area contributed by atoms with Gasteiger partial charge in [0.25, 0.3) is 6.01 Å². The molecule has 0 radical (unpaired) electrons. The number of benzene rings is 1. The number of pyridine rings is 1. The summed E-state index contributed by atoms with van der Waals surface area (Å²) in [4.78, 5) is 6.77. The molecular formula is C18H17ClFN3O2. The van der Waals surface area contributed by atoms with Crippen LogP contribution in [0.2, 0.25) is 5.02 Å². The van der Waals surface area contributed by atoms with Crippen LogP contribution in [-0.4, -0.2) is 31.2 Å². The number of hydrogen-bond acceptors (Lipinski definition) is 5. The molecule has 4 rings (SSSR count). The number of halogens is 2. The summed E-state index contributed by atoms with van der Waals surface area (Å²) in [6.45, 7) is 3.94. The van der Waals surface area contributed by atoms with Crippen LogP contribution in [0.25, 0.3) is 11.0 Å². The molecule has 1 saturated heterocycles. The number of hydrogen-bond donors (Lipinski definition) is 1. The van der Waals surface area contributed by atoms with E-state index in [0.29, 0.717) is 21.9 Å². The number of nitrogens with one attached hydrogen (secondary N) is 1. The van der Waals surface area contributed by atoms with Crippen LogP contribution >= 0.6 is 11.6 Å². The number of rotatable bonds is 4. The highest BCUT2D eigenvalue weighted by Crippen LogP contribution is 2.30. The SMILES string of the molecule is Fc1cc2c(Cl)ccc(COc3cccc(N4CCNCC4)n3)c2o1. The molecule has 7 heteroatoms. The van der Waals surface area contributed by atoms with Gasteiger partial charge in [0, 0.05) is 49.3 Å². The second-order valence-corrected chi connectivity index (χ2v) is 6.27. The highest BCUT2D eigenvalue weighted by atomic mass is 35.5. The van der Waals surface area contributed by atoms with Gasteiger partial charge in [-0.05, 0) is 12.1 Å². The van der Waals surface area contributed by atoms with Gasteiger partial charge in [0.2, 0.25) is 5.88 Å². The zero-order valence-corrected chi connectivity index (χ0v) is 14.2. The lowest BCUT2D eigenvalue weighted by Gasteiger charge is -2.28. The van der Waals surface area contributed by atoms with Gasteiger partial charge in [-0.2, -0.15) is 9.37 Å². The first kappa shape index (κ1) is 16.2. The van der Waals surface area contributed by atoms with Crippen molar-refractivity contribution in [2.45, 2.75) is 6.61 Å². The quantitative estimate of drug-likeness (QED) is 0.769. The van der Waals surface area contributed by atoms with Gasteiger partial charge in [-0.15, -0.1) is 0 Å². The maximum Gasteiger partial charge on any atom is 0.278 e. The Hall–Kier alpha value is -2.31. The predicted molar refractivity (Wildman–Crippen MR) is 94.8 cm³/mol. The zero-order chi connectivity index (χ0) is 17.2. The van der Waals surface area contributed by atoms with Crippen molar-refractivity contribution in [3.8, 4) is 5.88 Å². The fraction of sp³-hybridized carbons (Fsp3) is 0.278. The predicted octanol–water partition coefficient (Wildman–Crippen LogP) is 3.61. The summed E-state index contributed by atoms with van der Waals surface area (Å²) >= 11 is 6.08. The minimum Gasteiger partial charge on any atom is -0.473 e. The van der Waals surface area contributed by atoms with E-state index in [2.05, 4.69) is 15.2 Å². The van der Waals surface area contributed by atoms with Gasteiger partial charge in [0.15, 0.2) is 0 Å². The van der Waals surface area contributed by atoms with Crippen molar-refractivity contribution < 1.29 is 13.5 Å². The zero-order valence-electron chi connectivity index (χ0n) is 13.5. The molecule has 0 amide bonds. The number of aromatic nitrogens is 1. The van der Waals surface area contributed by atoms with Gasteiger partial charge in [0.1, 0.15) is 18.0 Å². The number of nitrogens with zero attached hydrogens (tertiary/aromatic N) is 2. The molecule has 1 N–H and O–H groups in total. The molecule has 0 atom stereocenters. The minimum absolute atomic E-state index is 0.221. The molecule has 1 aliphatic heterocycles. The Bertz CT molecular complexity index is 893. The van der Waals surface area contributed by atoms with E-state index in [1.807, 2.05) is 18.2 Å². The van der Waals surface area contributed by atoms with Crippen molar-refractivity contribution in [2.75, 3.05) is 31.1 Å². The Balaban J connectivity index is 1.53. The van der Waals surface area contributed by atoms with Gasteiger partial charge >= 0.3 is 0 Å². The summed E-state index contributed by atoms with van der Waals surface area (Å²) in [5, 5.41) is 4.31. The van der Waals surface area contributed by atoms with Gasteiger partial charge in [-0.1, -0.05) is 23.7 Å². The van der Waals surface area contributed by atoms with E-state index in [1.165, 1.54) is 6.07 Å². The largest absolute Gasteiger partial charge is 0.473 e. The minimum atomic E-state index is -0.664. The maximum absolute atomic E-state index is 13.4. The lowest BCUT2D eigenvalue weighted by molar-refractivity contribution is 0.292. The van der Waals surface area contributed by atoms with E-state index in [0.717, 1.165) is 37.6 Å². The Labute approximate surface area is 149 Å². The van der Waals surface area contributed by atoms with Crippen LogP contribution in [0.15, 0.2) is 40.8 Å². The first-order valence-electron chi connectivity index (χ1n) is 8.12. The van der Waals surface area contributed by atoms with Crippen LogP contribution in [0.3, 0.4) is 0 Å². The number of fused-ring (bicyclic) bond motifs is 1. The molecule has 1 aromatic carbocycles. The van der Waals surface area contributed by atoms with Gasteiger partial charge < -0.3 is 19.4 Å². The second kappa shape index (κ2) is 6.90. The first-order chi connectivity index (χ1) is 12.2. The number of furan rings is 1. The lowest BCUT2D eigenvalue weighted by atomic mass is 10.1. The monoisotopic (exact) mass is 361 g/mol. The van der Waals surface area contributed by atoms with Gasteiger partial charge in [0.05, 0.1) is 5.02 Å². The molecule has 130 valence electrons. The average molecular weight is 362 g/mol. The number of ether oxygens (including phenoxy) is 1. The van der Waals surface area contributed by atoms with E-state index >= 15 is 0 Å². The van der Waals surface area contributed by atoms with Crippen LogP contribution in [0, 0.1) is 6.01 Å². The highest BCUT2D eigenvalue weighted by Gasteiger charge is 2.14.